The smallest absolute Gasteiger partial charge is 0.323 e. The van der Waals surface area contributed by atoms with E-state index < -0.39 is 17.5 Å². The van der Waals surface area contributed by atoms with Crippen LogP contribution in [0.15, 0.2) is 35.5 Å². The number of fused-ring (bicyclic) bond motifs is 1. The van der Waals surface area contributed by atoms with Crippen LogP contribution in [0.1, 0.15) is 32.6 Å². The molecule has 2 aliphatic rings. The molecule has 3 heterocycles. The van der Waals surface area contributed by atoms with Crippen LogP contribution in [-0.4, -0.2) is 54.8 Å². The molecule has 0 aliphatic carbocycles. The number of urea groups is 1. The lowest BCUT2D eigenvalue weighted by Crippen LogP contribution is -2.54. The van der Waals surface area contributed by atoms with Crippen LogP contribution in [0.5, 0.6) is 5.75 Å². The predicted octanol–water partition coefficient (Wildman–Crippen LogP) is 1.71. The first-order chi connectivity index (χ1) is 15.3. The molecule has 2 aromatic rings. The number of amides is 4. The quantitative estimate of drug-likeness (QED) is 0.311. The van der Waals surface area contributed by atoms with E-state index in [2.05, 4.69) is 27.6 Å². The van der Waals surface area contributed by atoms with E-state index in [1.165, 1.54) is 30.5 Å². The summed E-state index contributed by atoms with van der Waals surface area (Å²) in [4.78, 5) is 45.4. The molecule has 0 unspecified atom stereocenters. The molecule has 0 saturated carbocycles. The van der Waals surface area contributed by atoms with Crippen molar-refractivity contribution in [2.24, 2.45) is 5.16 Å². The minimum atomic E-state index is -1.56. The molecular formula is C22H20N4O5S. The van der Waals surface area contributed by atoms with Gasteiger partial charge in [-0.25, -0.2) is 4.79 Å². The fourth-order valence-electron chi connectivity index (χ4n) is 3.56. The Labute approximate surface area is 188 Å². The van der Waals surface area contributed by atoms with Crippen LogP contribution < -0.4 is 15.4 Å². The molecular weight excluding hydrogens is 432 g/mol. The Bertz CT molecular complexity index is 1210. The number of nitrogens with one attached hydrogen (secondary N) is 2. The van der Waals surface area contributed by atoms with Gasteiger partial charge in [-0.05, 0) is 36.8 Å². The Morgan fingerprint density at radius 3 is 2.75 bits per heavy atom. The Morgan fingerprint density at radius 2 is 2.06 bits per heavy atom. The monoisotopic (exact) mass is 452 g/mol. The van der Waals surface area contributed by atoms with E-state index >= 15 is 0 Å². The molecule has 1 fully saturated rings. The van der Waals surface area contributed by atoms with Crippen LogP contribution in [0.2, 0.25) is 0 Å². The van der Waals surface area contributed by atoms with Crippen LogP contribution in [0.25, 0.3) is 0 Å². The number of thiophene rings is 1. The SMILES string of the molecule is CO/N=C(/C)c1ccc(C#C[C@]2(CN3Cc4ccc(OC)cc4C3=O)NC(=O)NC2=O)s1. The number of imide groups is 1. The third-order valence-electron chi connectivity index (χ3n) is 5.16. The van der Waals surface area contributed by atoms with E-state index in [-0.39, 0.29) is 12.5 Å². The van der Waals surface area contributed by atoms with Gasteiger partial charge < -0.3 is 19.8 Å². The van der Waals surface area contributed by atoms with Gasteiger partial charge in [0.1, 0.15) is 12.9 Å². The van der Waals surface area contributed by atoms with Gasteiger partial charge in [-0.3, -0.25) is 14.9 Å². The highest BCUT2D eigenvalue weighted by atomic mass is 32.1. The van der Waals surface area contributed by atoms with E-state index in [1.807, 2.05) is 19.1 Å². The lowest BCUT2D eigenvalue weighted by molar-refractivity contribution is -0.122. The second-order valence-corrected chi connectivity index (χ2v) is 8.35. The molecule has 1 aromatic carbocycles. The number of hydrogen-bond donors (Lipinski definition) is 2. The zero-order valence-corrected chi connectivity index (χ0v) is 18.5. The Balaban J connectivity index is 1.62. The molecule has 1 atom stereocenters. The fraction of sp³-hybridized carbons (Fsp3) is 0.273. The van der Waals surface area contributed by atoms with Gasteiger partial charge in [-0.15, -0.1) is 11.3 Å². The number of rotatable bonds is 5. The molecule has 1 aromatic heterocycles. The number of carbonyl (C=O) groups is 3. The van der Waals surface area contributed by atoms with Crippen molar-refractivity contribution in [1.82, 2.24) is 15.5 Å². The molecule has 10 heteroatoms. The second-order valence-electron chi connectivity index (χ2n) is 7.27. The van der Waals surface area contributed by atoms with E-state index in [1.54, 1.807) is 18.2 Å². The molecule has 2 aliphatic heterocycles. The third-order valence-corrected chi connectivity index (χ3v) is 6.26. The zero-order valence-electron chi connectivity index (χ0n) is 17.6. The highest BCUT2D eigenvalue weighted by molar-refractivity contribution is 7.14. The summed E-state index contributed by atoms with van der Waals surface area (Å²) in [6.07, 6.45) is 0. The predicted molar refractivity (Wildman–Crippen MR) is 118 cm³/mol. The molecule has 0 bridgehead atoms. The second kappa shape index (κ2) is 8.36. The first-order valence-corrected chi connectivity index (χ1v) is 10.5. The van der Waals surface area contributed by atoms with Crippen molar-refractivity contribution in [2.75, 3.05) is 20.8 Å². The molecule has 0 radical (unpaired) electrons. The average Bonchev–Trinajstić information content (AvgIpc) is 3.44. The van der Waals surface area contributed by atoms with Crippen molar-refractivity contribution in [3.63, 3.8) is 0 Å². The lowest BCUT2D eigenvalue weighted by Gasteiger charge is -2.26. The summed E-state index contributed by atoms with van der Waals surface area (Å²) in [5.74, 6) is 5.59. The van der Waals surface area contributed by atoms with E-state index in [0.717, 1.165) is 10.4 Å². The highest BCUT2D eigenvalue weighted by Crippen LogP contribution is 2.28. The maximum absolute atomic E-state index is 13.0. The summed E-state index contributed by atoms with van der Waals surface area (Å²) < 4.78 is 5.20. The van der Waals surface area contributed by atoms with Crippen molar-refractivity contribution < 1.29 is 24.0 Å². The van der Waals surface area contributed by atoms with E-state index in [0.29, 0.717) is 28.4 Å². The van der Waals surface area contributed by atoms with Gasteiger partial charge in [0.15, 0.2) is 0 Å². The van der Waals surface area contributed by atoms with Gasteiger partial charge >= 0.3 is 6.03 Å². The van der Waals surface area contributed by atoms with Crippen molar-refractivity contribution in [3.8, 4) is 17.6 Å². The van der Waals surface area contributed by atoms with Gasteiger partial charge in [0, 0.05) is 12.1 Å². The Morgan fingerprint density at radius 1 is 1.25 bits per heavy atom. The number of hydrogen-bond acceptors (Lipinski definition) is 7. The Kier molecular flexibility index (Phi) is 5.59. The summed E-state index contributed by atoms with van der Waals surface area (Å²) in [6.45, 7) is 2.03. The number of methoxy groups -OCH3 is 1. The standard InChI is InChI=1S/C22H20N4O5S/c1-13(25-31-3)18-7-6-16(32-18)8-9-22(20(28)23-21(29)24-22)12-26-11-14-4-5-15(30-2)10-17(14)19(26)27/h4-7,10H,11-12H2,1-3H3,(H2,23,24,28,29)/b25-13-/t22-/m1/s1. The average molecular weight is 452 g/mol. The first kappa shape index (κ1) is 21.4. The van der Waals surface area contributed by atoms with E-state index in [9.17, 15) is 14.4 Å². The minimum Gasteiger partial charge on any atom is -0.497 e. The number of ether oxygens (including phenoxy) is 1. The van der Waals surface area contributed by atoms with Gasteiger partial charge in [0.25, 0.3) is 11.8 Å². The van der Waals surface area contributed by atoms with Gasteiger partial charge in [0.2, 0.25) is 5.54 Å². The summed E-state index contributed by atoms with van der Waals surface area (Å²) in [6, 6.07) is 8.26. The maximum atomic E-state index is 13.0. The number of nitrogens with zero attached hydrogens (tertiary/aromatic N) is 2. The van der Waals surface area contributed by atoms with Crippen LogP contribution >= 0.6 is 11.3 Å². The molecule has 4 amide bonds. The molecule has 4 rings (SSSR count). The van der Waals surface area contributed by atoms with E-state index in [4.69, 9.17) is 9.57 Å². The number of oxime groups is 1. The topological polar surface area (TPSA) is 109 Å². The van der Waals surface area contributed by atoms with Gasteiger partial charge in [0.05, 0.1) is 29.1 Å². The molecule has 164 valence electrons. The van der Waals surface area contributed by atoms with Crippen molar-refractivity contribution in [3.05, 3.63) is 51.2 Å². The molecule has 32 heavy (non-hydrogen) atoms. The van der Waals surface area contributed by atoms with Gasteiger partial charge in [-0.1, -0.05) is 23.1 Å². The molecule has 1 saturated heterocycles. The Hall–Kier alpha value is -3.84. The molecule has 9 nitrogen and oxygen atoms in total. The van der Waals surface area contributed by atoms with Gasteiger partial charge in [-0.2, -0.15) is 0 Å². The third kappa shape index (κ3) is 3.90. The van der Waals surface area contributed by atoms with Crippen molar-refractivity contribution >= 4 is 34.9 Å². The summed E-state index contributed by atoms with van der Waals surface area (Å²) in [7, 11) is 3.00. The zero-order chi connectivity index (χ0) is 22.9. The highest BCUT2D eigenvalue weighted by Gasteiger charge is 2.48. The summed E-state index contributed by atoms with van der Waals surface area (Å²) in [5.41, 5.74) is 0.467. The van der Waals surface area contributed by atoms with Crippen LogP contribution in [0.4, 0.5) is 4.79 Å². The lowest BCUT2D eigenvalue weighted by atomic mass is 9.99. The molecule has 2 N–H and O–H groups in total. The van der Waals surface area contributed by atoms with Crippen LogP contribution in [0.3, 0.4) is 0 Å². The molecule has 0 spiro atoms. The number of benzene rings is 1. The van der Waals surface area contributed by atoms with Crippen molar-refractivity contribution in [2.45, 2.75) is 19.0 Å². The summed E-state index contributed by atoms with van der Waals surface area (Å²) >= 11 is 1.38. The number of carbonyl (C=O) groups excluding carboxylic acids is 3. The normalized spacial score (nSPS) is 19.8. The fourth-order valence-corrected chi connectivity index (χ4v) is 4.36. The minimum absolute atomic E-state index is 0.0875. The first-order valence-electron chi connectivity index (χ1n) is 9.66. The summed E-state index contributed by atoms with van der Waals surface area (Å²) in [5, 5.41) is 8.73. The maximum Gasteiger partial charge on any atom is 0.323 e. The van der Waals surface area contributed by atoms with Crippen molar-refractivity contribution in [1.29, 1.82) is 0 Å². The van der Waals surface area contributed by atoms with Crippen LogP contribution in [0, 0.1) is 11.8 Å². The van der Waals surface area contributed by atoms with Crippen LogP contribution in [-0.2, 0) is 16.2 Å². The largest absolute Gasteiger partial charge is 0.497 e.